The molecule has 9 heteroatoms. The van der Waals surface area contributed by atoms with Crippen molar-refractivity contribution in [3.8, 4) is 0 Å². The van der Waals surface area contributed by atoms with Crippen LogP contribution in [0.5, 0.6) is 0 Å². The van der Waals surface area contributed by atoms with Gasteiger partial charge in [-0.05, 0) is 26.0 Å². The molecule has 0 unspecified atom stereocenters. The molecule has 4 rings (SSSR count). The molecule has 0 aliphatic rings. The summed E-state index contributed by atoms with van der Waals surface area (Å²) in [6.07, 6.45) is 0. The fourth-order valence-corrected chi connectivity index (χ4v) is 3.36. The number of nitrogens with one attached hydrogen (secondary N) is 1. The molecule has 0 atom stereocenters. The molecule has 4 aromatic rings. The Morgan fingerprint density at radius 1 is 1.27 bits per heavy atom. The molecule has 0 saturated carbocycles. The molecule has 1 N–H and O–H groups in total. The summed E-state index contributed by atoms with van der Waals surface area (Å²) in [5.74, 6) is -0.0950. The zero-order valence-electron chi connectivity index (χ0n) is 14.3. The van der Waals surface area contributed by atoms with Crippen LogP contribution in [0, 0.1) is 19.7 Å². The second-order valence-corrected chi connectivity index (χ2v) is 6.62. The first kappa shape index (κ1) is 16.6. The van der Waals surface area contributed by atoms with Crippen molar-refractivity contribution in [2.75, 3.05) is 0 Å². The zero-order valence-corrected chi connectivity index (χ0v) is 15.1. The first-order chi connectivity index (χ1) is 12.3. The Balaban J connectivity index is 2.09. The highest BCUT2D eigenvalue weighted by Crippen LogP contribution is 2.20. The second kappa shape index (κ2) is 5.57. The third-order valence-corrected chi connectivity index (χ3v) is 5.05. The number of aryl methyl sites for hydroxylation is 3. The lowest BCUT2D eigenvalue weighted by Crippen LogP contribution is -2.40. The molecular formula is C17H15ClFN5O2. The average Bonchev–Trinajstić information content (AvgIpc) is 3.09. The Hall–Kier alpha value is -2.87. The molecule has 0 fully saturated rings. The van der Waals surface area contributed by atoms with Gasteiger partial charge < -0.3 is 4.98 Å². The van der Waals surface area contributed by atoms with E-state index >= 15 is 0 Å². The number of H-pyrrole nitrogens is 1. The molecule has 3 heterocycles. The van der Waals surface area contributed by atoms with Crippen LogP contribution >= 0.6 is 11.6 Å². The monoisotopic (exact) mass is 375 g/mol. The maximum atomic E-state index is 14.1. The molecular weight excluding hydrogens is 361 g/mol. The molecule has 0 aliphatic heterocycles. The van der Waals surface area contributed by atoms with Gasteiger partial charge in [-0.3, -0.25) is 18.3 Å². The Kier molecular flexibility index (Phi) is 3.55. The second-order valence-electron chi connectivity index (χ2n) is 6.21. The van der Waals surface area contributed by atoms with E-state index in [4.69, 9.17) is 11.6 Å². The van der Waals surface area contributed by atoms with Gasteiger partial charge in [-0.15, -0.1) is 0 Å². The summed E-state index contributed by atoms with van der Waals surface area (Å²) in [6, 6.07) is 4.23. The topological polar surface area (TPSA) is 77.1 Å². The molecule has 0 radical (unpaired) electrons. The van der Waals surface area contributed by atoms with E-state index in [9.17, 15) is 14.0 Å². The van der Waals surface area contributed by atoms with E-state index in [1.807, 2.05) is 13.8 Å². The number of imidazole rings is 2. The van der Waals surface area contributed by atoms with Crippen LogP contribution in [-0.2, 0) is 13.6 Å². The average molecular weight is 376 g/mol. The predicted molar refractivity (Wildman–Crippen MR) is 96.5 cm³/mol. The van der Waals surface area contributed by atoms with Gasteiger partial charge in [0.25, 0.3) is 5.56 Å². The van der Waals surface area contributed by atoms with Gasteiger partial charge in [-0.25, -0.2) is 9.18 Å². The molecule has 0 aliphatic carbocycles. The van der Waals surface area contributed by atoms with Gasteiger partial charge in [-0.1, -0.05) is 17.7 Å². The molecule has 0 amide bonds. The van der Waals surface area contributed by atoms with E-state index < -0.39 is 17.1 Å². The third kappa shape index (κ3) is 2.15. The highest BCUT2D eigenvalue weighted by molar-refractivity contribution is 6.31. The number of nitrogens with zero attached hydrogens (tertiary/aromatic N) is 4. The quantitative estimate of drug-likeness (QED) is 0.583. The van der Waals surface area contributed by atoms with Crippen LogP contribution in [0.25, 0.3) is 16.9 Å². The highest BCUT2D eigenvalue weighted by Gasteiger charge is 2.21. The number of benzene rings is 1. The minimum absolute atomic E-state index is 0.0930. The largest absolute Gasteiger partial charge is 0.332 e. The van der Waals surface area contributed by atoms with Crippen molar-refractivity contribution in [1.82, 2.24) is 23.5 Å². The van der Waals surface area contributed by atoms with Crippen molar-refractivity contribution < 1.29 is 4.39 Å². The summed E-state index contributed by atoms with van der Waals surface area (Å²) in [5, 5.41) is 0.158. The molecule has 134 valence electrons. The molecule has 0 bridgehead atoms. The summed E-state index contributed by atoms with van der Waals surface area (Å²) in [6.45, 7) is 3.46. The fraction of sp³-hybridized carbons (Fsp3) is 0.235. The van der Waals surface area contributed by atoms with Crippen molar-refractivity contribution >= 4 is 28.5 Å². The molecule has 7 nitrogen and oxygen atoms in total. The lowest BCUT2D eigenvalue weighted by molar-refractivity contribution is 0.582. The van der Waals surface area contributed by atoms with Crippen LogP contribution in [0.15, 0.2) is 27.8 Å². The molecule has 3 aromatic heterocycles. The lowest BCUT2D eigenvalue weighted by Gasteiger charge is -2.10. The molecule has 26 heavy (non-hydrogen) atoms. The van der Waals surface area contributed by atoms with Crippen molar-refractivity contribution in [2.24, 2.45) is 7.05 Å². The van der Waals surface area contributed by atoms with E-state index in [1.165, 1.54) is 29.8 Å². The summed E-state index contributed by atoms with van der Waals surface area (Å²) >= 11 is 6.06. The normalized spacial score (nSPS) is 11.7. The molecule has 1 aromatic carbocycles. The summed E-state index contributed by atoms with van der Waals surface area (Å²) in [7, 11) is 1.53. The van der Waals surface area contributed by atoms with Gasteiger partial charge in [0.2, 0.25) is 5.78 Å². The zero-order chi connectivity index (χ0) is 18.7. The van der Waals surface area contributed by atoms with Crippen LogP contribution in [0.4, 0.5) is 4.39 Å². The maximum absolute atomic E-state index is 14.1. The van der Waals surface area contributed by atoms with Crippen LogP contribution in [-0.4, -0.2) is 23.5 Å². The van der Waals surface area contributed by atoms with Gasteiger partial charge in [0.05, 0.1) is 6.54 Å². The third-order valence-electron chi connectivity index (χ3n) is 4.70. The maximum Gasteiger partial charge on any atom is 0.332 e. The summed E-state index contributed by atoms with van der Waals surface area (Å²) < 4.78 is 18.1. The van der Waals surface area contributed by atoms with Gasteiger partial charge in [0, 0.05) is 29.0 Å². The van der Waals surface area contributed by atoms with E-state index in [0.29, 0.717) is 5.78 Å². The Labute approximate surface area is 151 Å². The van der Waals surface area contributed by atoms with Gasteiger partial charge in [-0.2, -0.15) is 4.98 Å². The van der Waals surface area contributed by atoms with E-state index in [2.05, 4.69) is 9.97 Å². The Morgan fingerprint density at radius 3 is 2.69 bits per heavy atom. The minimum atomic E-state index is -0.586. The smallest absolute Gasteiger partial charge is 0.327 e. The minimum Gasteiger partial charge on any atom is -0.327 e. The lowest BCUT2D eigenvalue weighted by atomic mass is 10.2. The predicted octanol–water partition coefficient (Wildman–Crippen LogP) is 2.13. The number of fused-ring (bicyclic) bond motifs is 3. The van der Waals surface area contributed by atoms with Crippen molar-refractivity contribution in [3.05, 3.63) is 66.8 Å². The SMILES string of the molecule is Cc1[nH]c2nc3c(c(=O)n(Cc4c(F)cccc4Cl)c(=O)n3C)n2c1C. The molecule has 0 spiro atoms. The first-order valence-corrected chi connectivity index (χ1v) is 8.29. The standard InChI is InChI=1S/C17H15ClFN5O2/c1-8-9(2)24-13-14(21-16(24)20-8)22(3)17(26)23(15(13)25)7-10-11(18)5-4-6-12(10)19/h4-6H,7H2,1-3H3,(H,20,21). The van der Waals surface area contributed by atoms with Crippen molar-refractivity contribution in [3.63, 3.8) is 0 Å². The van der Waals surface area contributed by atoms with E-state index in [0.717, 1.165) is 16.0 Å². The number of hydrogen-bond acceptors (Lipinski definition) is 3. The van der Waals surface area contributed by atoms with Crippen LogP contribution in [0.1, 0.15) is 17.0 Å². The van der Waals surface area contributed by atoms with Gasteiger partial charge in [0.15, 0.2) is 11.2 Å². The number of rotatable bonds is 2. The van der Waals surface area contributed by atoms with Crippen molar-refractivity contribution in [2.45, 2.75) is 20.4 Å². The first-order valence-electron chi connectivity index (χ1n) is 7.91. The van der Waals surface area contributed by atoms with Crippen LogP contribution in [0.3, 0.4) is 0 Å². The number of aromatic amines is 1. The van der Waals surface area contributed by atoms with Gasteiger partial charge in [0.1, 0.15) is 5.82 Å². The van der Waals surface area contributed by atoms with Crippen molar-refractivity contribution in [1.29, 1.82) is 0 Å². The van der Waals surface area contributed by atoms with E-state index in [1.54, 1.807) is 4.40 Å². The van der Waals surface area contributed by atoms with Crippen LogP contribution in [0.2, 0.25) is 5.02 Å². The number of aromatic nitrogens is 5. The highest BCUT2D eigenvalue weighted by atomic mass is 35.5. The summed E-state index contributed by atoms with van der Waals surface area (Å²) in [5.41, 5.74) is 1.17. The Bertz CT molecular complexity index is 1290. The number of hydrogen-bond donors (Lipinski definition) is 1. The Morgan fingerprint density at radius 2 is 2.00 bits per heavy atom. The molecule has 0 saturated heterocycles. The van der Waals surface area contributed by atoms with Gasteiger partial charge >= 0.3 is 5.69 Å². The van der Waals surface area contributed by atoms with E-state index in [-0.39, 0.29) is 28.3 Å². The summed E-state index contributed by atoms with van der Waals surface area (Å²) in [4.78, 5) is 33.2. The number of halogens is 2. The fourth-order valence-electron chi connectivity index (χ4n) is 3.14. The van der Waals surface area contributed by atoms with Crippen LogP contribution < -0.4 is 11.2 Å².